The molecule has 28 heavy (non-hydrogen) atoms. The van der Waals surface area contributed by atoms with Crippen LogP contribution in [-0.2, 0) is 11.3 Å². The maximum Gasteiger partial charge on any atom is 0.340 e. The first-order valence-electron chi connectivity index (χ1n) is 9.31. The van der Waals surface area contributed by atoms with Crippen LogP contribution in [0.1, 0.15) is 36.8 Å². The Hall–Kier alpha value is -1.28. The van der Waals surface area contributed by atoms with Gasteiger partial charge in [-0.25, -0.2) is 4.79 Å². The van der Waals surface area contributed by atoms with Crippen LogP contribution in [0.5, 0.6) is 5.75 Å². The molecule has 0 spiro atoms. The summed E-state index contributed by atoms with van der Waals surface area (Å²) < 4.78 is 13.4. The maximum atomic E-state index is 12.6. The Morgan fingerprint density at radius 2 is 1.93 bits per heavy atom. The van der Waals surface area contributed by atoms with Crippen LogP contribution in [0.3, 0.4) is 0 Å². The molecule has 2 aromatic rings. The number of aliphatic hydroxyl groups excluding tert-OH is 1. The number of aromatic nitrogens is 1. The molecule has 0 aliphatic rings. The second-order valence-electron chi connectivity index (χ2n) is 6.44. The van der Waals surface area contributed by atoms with Gasteiger partial charge in [0.05, 0.1) is 41.9 Å². The van der Waals surface area contributed by atoms with E-state index in [9.17, 15) is 9.90 Å². The smallest absolute Gasteiger partial charge is 0.340 e. The zero-order valence-corrected chi connectivity index (χ0v) is 19.5. The van der Waals surface area contributed by atoms with E-state index in [4.69, 9.17) is 9.47 Å². The van der Waals surface area contributed by atoms with Gasteiger partial charge in [-0.15, -0.1) is 12.4 Å². The molecular weight excluding hydrogens is 448 g/mol. The number of hydrogen-bond acceptors (Lipinski definition) is 5. The van der Waals surface area contributed by atoms with Crippen LogP contribution in [0.25, 0.3) is 10.9 Å². The lowest BCUT2D eigenvalue weighted by Crippen LogP contribution is -2.34. The summed E-state index contributed by atoms with van der Waals surface area (Å²) >= 11 is 3.52. The van der Waals surface area contributed by atoms with Gasteiger partial charge in [-0.2, -0.15) is 0 Å². The van der Waals surface area contributed by atoms with Gasteiger partial charge >= 0.3 is 5.97 Å². The summed E-state index contributed by atoms with van der Waals surface area (Å²) in [5, 5.41) is 11.4. The molecule has 2 rings (SSSR count). The molecule has 8 heteroatoms. The van der Waals surface area contributed by atoms with Crippen molar-refractivity contribution < 1.29 is 19.4 Å². The Morgan fingerprint density at radius 3 is 2.46 bits per heavy atom. The van der Waals surface area contributed by atoms with Gasteiger partial charge in [0.1, 0.15) is 5.75 Å². The molecule has 1 atom stereocenters. The van der Waals surface area contributed by atoms with Crippen molar-refractivity contribution in [3.8, 4) is 5.75 Å². The van der Waals surface area contributed by atoms with Crippen LogP contribution in [-0.4, -0.2) is 60.0 Å². The maximum absolute atomic E-state index is 12.6. The summed E-state index contributed by atoms with van der Waals surface area (Å²) in [7, 11) is 1.59. The normalized spacial score (nSPS) is 12.1. The quantitative estimate of drug-likeness (QED) is 0.553. The van der Waals surface area contributed by atoms with Gasteiger partial charge in [0, 0.05) is 17.6 Å². The Bertz CT molecular complexity index is 805. The monoisotopic (exact) mass is 476 g/mol. The van der Waals surface area contributed by atoms with Gasteiger partial charge in [0.15, 0.2) is 0 Å². The molecule has 0 saturated carbocycles. The Kier molecular flexibility index (Phi) is 9.77. The van der Waals surface area contributed by atoms with E-state index >= 15 is 0 Å². The number of likely N-dealkylation sites (N-methyl/N-ethyl adjacent to an activating group) is 1. The van der Waals surface area contributed by atoms with Gasteiger partial charge in [0.25, 0.3) is 0 Å². The van der Waals surface area contributed by atoms with Crippen LogP contribution in [0.15, 0.2) is 16.6 Å². The number of carbonyl (C=O) groups is 1. The number of hydrogen-bond donors (Lipinski definition) is 1. The highest BCUT2D eigenvalue weighted by Gasteiger charge is 2.24. The van der Waals surface area contributed by atoms with Crippen LogP contribution in [0.4, 0.5) is 0 Å². The molecule has 6 nitrogen and oxygen atoms in total. The number of methoxy groups -OCH3 is 1. The number of rotatable bonds is 9. The first-order valence-corrected chi connectivity index (χ1v) is 10.1. The molecule has 1 aromatic carbocycles. The fourth-order valence-corrected chi connectivity index (χ4v) is 3.87. The van der Waals surface area contributed by atoms with Gasteiger partial charge in [0.2, 0.25) is 0 Å². The first kappa shape index (κ1) is 24.8. The second-order valence-corrected chi connectivity index (χ2v) is 7.29. The minimum Gasteiger partial charge on any atom is -0.496 e. The Morgan fingerprint density at radius 1 is 1.29 bits per heavy atom. The molecule has 0 amide bonds. The van der Waals surface area contributed by atoms with Gasteiger partial charge in [-0.05, 0) is 55.0 Å². The summed E-state index contributed by atoms with van der Waals surface area (Å²) in [5.41, 5.74) is 2.16. The van der Waals surface area contributed by atoms with E-state index in [1.54, 1.807) is 14.0 Å². The number of fused-ring (bicyclic) bond motifs is 1. The van der Waals surface area contributed by atoms with E-state index < -0.39 is 6.10 Å². The summed E-state index contributed by atoms with van der Waals surface area (Å²) in [4.78, 5) is 14.8. The number of ether oxygens (including phenoxy) is 2. The third kappa shape index (κ3) is 5.20. The van der Waals surface area contributed by atoms with Crippen LogP contribution in [0.2, 0.25) is 0 Å². The standard InChI is InChI=1S/C20H29BrN2O4.ClH/c1-6-22(7-2)11-14(24)12-23-13(4)19(20(25)27-8-3)15-9-18(26-5)16(21)10-17(15)23;/h9-10,14,24H,6-8,11-12H2,1-5H3;1H. The van der Waals surface area contributed by atoms with Crippen molar-refractivity contribution in [1.82, 2.24) is 9.47 Å². The van der Waals surface area contributed by atoms with Crippen molar-refractivity contribution in [3.05, 3.63) is 27.9 Å². The largest absolute Gasteiger partial charge is 0.496 e. The zero-order chi connectivity index (χ0) is 20.1. The van der Waals surface area contributed by atoms with Crippen molar-refractivity contribution in [1.29, 1.82) is 0 Å². The summed E-state index contributed by atoms with van der Waals surface area (Å²) in [5.74, 6) is 0.287. The molecule has 1 N–H and O–H groups in total. The summed E-state index contributed by atoms with van der Waals surface area (Å²) in [6.07, 6.45) is -0.546. The molecular formula is C20H30BrClN2O4. The van der Waals surface area contributed by atoms with E-state index in [0.29, 0.717) is 31.0 Å². The molecule has 0 aliphatic heterocycles. The van der Waals surface area contributed by atoms with Crippen molar-refractivity contribution in [2.45, 2.75) is 40.3 Å². The minimum absolute atomic E-state index is 0. The van der Waals surface area contributed by atoms with Crippen LogP contribution >= 0.6 is 28.3 Å². The first-order chi connectivity index (χ1) is 12.9. The summed E-state index contributed by atoms with van der Waals surface area (Å²) in [6, 6.07) is 3.76. The molecule has 1 unspecified atom stereocenters. The van der Waals surface area contributed by atoms with Crippen molar-refractivity contribution >= 4 is 45.2 Å². The number of aliphatic hydroxyl groups is 1. The lowest BCUT2D eigenvalue weighted by molar-refractivity contribution is 0.0526. The molecule has 0 saturated heterocycles. The van der Waals surface area contributed by atoms with Gasteiger partial charge in [-0.1, -0.05) is 13.8 Å². The van der Waals surface area contributed by atoms with E-state index in [0.717, 1.165) is 34.2 Å². The average Bonchev–Trinajstić information content (AvgIpc) is 2.90. The molecule has 0 fully saturated rings. The summed E-state index contributed by atoms with van der Waals surface area (Å²) in [6.45, 7) is 10.9. The molecule has 0 bridgehead atoms. The SMILES string of the molecule is CCOC(=O)c1c(C)n(CC(O)CN(CC)CC)c2cc(Br)c(OC)cc12.Cl. The predicted molar refractivity (Wildman–Crippen MR) is 118 cm³/mol. The molecule has 0 radical (unpaired) electrons. The molecule has 158 valence electrons. The van der Waals surface area contributed by atoms with Crippen LogP contribution in [0, 0.1) is 6.92 Å². The van der Waals surface area contributed by atoms with Gasteiger partial charge in [-0.3, -0.25) is 0 Å². The lowest BCUT2D eigenvalue weighted by atomic mass is 10.1. The Balaban J connectivity index is 0.00000392. The third-order valence-electron chi connectivity index (χ3n) is 4.83. The minimum atomic E-state index is -0.546. The topological polar surface area (TPSA) is 63.9 Å². The second kappa shape index (κ2) is 11.0. The molecule has 1 heterocycles. The Labute approximate surface area is 181 Å². The highest BCUT2D eigenvalue weighted by Crippen LogP contribution is 2.35. The van der Waals surface area contributed by atoms with E-state index in [1.165, 1.54) is 0 Å². The average molecular weight is 478 g/mol. The lowest BCUT2D eigenvalue weighted by Gasteiger charge is -2.23. The van der Waals surface area contributed by atoms with Crippen LogP contribution < -0.4 is 4.74 Å². The molecule has 1 aromatic heterocycles. The predicted octanol–water partition coefficient (Wildman–Crippen LogP) is 4.02. The van der Waals surface area contributed by atoms with Crippen molar-refractivity contribution in [2.75, 3.05) is 33.4 Å². The number of nitrogens with zero attached hydrogens (tertiary/aromatic N) is 2. The molecule has 0 aliphatic carbocycles. The number of halogens is 2. The van der Waals surface area contributed by atoms with E-state index in [-0.39, 0.29) is 18.4 Å². The van der Waals surface area contributed by atoms with Gasteiger partial charge < -0.3 is 24.0 Å². The number of carbonyl (C=O) groups excluding carboxylic acids is 1. The fraction of sp³-hybridized carbons (Fsp3) is 0.550. The third-order valence-corrected chi connectivity index (χ3v) is 5.45. The highest BCUT2D eigenvalue weighted by molar-refractivity contribution is 9.10. The highest BCUT2D eigenvalue weighted by atomic mass is 79.9. The van der Waals surface area contributed by atoms with E-state index in [1.807, 2.05) is 23.6 Å². The van der Waals surface area contributed by atoms with Crippen molar-refractivity contribution in [2.24, 2.45) is 0 Å². The van der Waals surface area contributed by atoms with Crippen molar-refractivity contribution in [3.63, 3.8) is 0 Å². The van der Waals surface area contributed by atoms with E-state index in [2.05, 4.69) is 34.7 Å². The zero-order valence-electron chi connectivity index (χ0n) is 17.1. The number of benzene rings is 1. The fourth-order valence-electron chi connectivity index (χ4n) is 3.38. The number of esters is 1.